The van der Waals surface area contributed by atoms with Gasteiger partial charge in [-0.3, -0.25) is 24.2 Å². The van der Waals surface area contributed by atoms with Gasteiger partial charge >= 0.3 is 0 Å². The molecular weight excluding hydrogens is 358 g/mol. The van der Waals surface area contributed by atoms with Gasteiger partial charge in [-0.25, -0.2) is 0 Å². The summed E-state index contributed by atoms with van der Waals surface area (Å²) in [6, 6.07) is 3.95. The molecule has 28 heavy (non-hydrogen) atoms. The average molecular weight is 387 g/mol. The molecule has 1 aliphatic rings. The fraction of sp³-hybridized carbons (Fsp3) is 0.500. The minimum atomic E-state index is -0.250. The van der Waals surface area contributed by atoms with E-state index < -0.39 is 0 Å². The number of amides is 1. The monoisotopic (exact) mass is 387 g/mol. The summed E-state index contributed by atoms with van der Waals surface area (Å²) in [5, 5.41) is 11.2. The predicted octanol–water partition coefficient (Wildman–Crippen LogP) is 1.67. The summed E-state index contributed by atoms with van der Waals surface area (Å²) in [6.07, 6.45) is 10.0. The molecule has 152 valence electrons. The summed E-state index contributed by atoms with van der Waals surface area (Å²) in [6.45, 7) is 7.29. The van der Waals surface area contributed by atoms with Crippen LogP contribution in [0.15, 0.2) is 36.9 Å². The van der Waals surface area contributed by atoms with Crippen molar-refractivity contribution < 1.29 is 14.7 Å². The zero-order valence-corrected chi connectivity index (χ0v) is 16.4. The van der Waals surface area contributed by atoms with E-state index in [9.17, 15) is 4.79 Å². The van der Waals surface area contributed by atoms with Crippen molar-refractivity contribution in [3.05, 3.63) is 48.0 Å². The summed E-state index contributed by atoms with van der Waals surface area (Å²) in [4.78, 5) is 29.4. The Morgan fingerprint density at radius 3 is 2.71 bits per heavy atom. The van der Waals surface area contributed by atoms with Crippen molar-refractivity contribution >= 4 is 12.4 Å². The Morgan fingerprint density at radius 1 is 1.21 bits per heavy atom. The van der Waals surface area contributed by atoms with Crippen LogP contribution in [0.25, 0.3) is 0 Å². The van der Waals surface area contributed by atoms with Crippen LogP contribution >= 0.6 is 0 Å². The van der Waals surface area contributed by atoms with Crippen LogP contribution in [0.5, 0.6) is 0 Å². The van der Waals surface area contributed by atoms with Crippen molar-refractivity contribution in [1.29, 1.82) is 0 Å². The maximum Gasteiger partial charge on any atom is 0.290 e. The van der Waals surface area contributed by atoms with Crippen LogP contribution in [0.4, 0.5) is 0 Å². The standard InChI is InChI=1S/C19H27N5O.CH2O2/c1-2-24-16-18(14-21-24)15-22-9-4-10-23(12-11-22)19(25)7-6-17-5-3-8-20-13-17;2-1-3/h3,5,8,13-14,16H,2,4,6-7,9-12,15H2,1H3;1H,(H,2,3). The molecule has 2 aromatic heterocycles. The fourth-order valence-electron chi connectivity index (χ4n) is 3.25. The Balaban J connectivity index is 0.000000878. The SMILES string of the molecule is CCn1cc(CN2CCCN(C(=O)CCc3cccnc3)CC2)cn1.O=CO. The highest BCUT2D eigenvalue weighted by Gasteiger charge is 2.19. The molecule has 1 saturated heterocycles. The second-order valence-electron chi connectivity index (χ2n) is 6.68. The summed E-state index contributed by atoms with van der Waals surface area (Å²) < 4.78 is 1.96. The molecule has 8 heteroatoms. The maximum atomic E-state index is 12.5. The Hall–Kier alpha value is -2.74. The lowest BCUT2D eigenvalue weighted by Crippen LogP contribution is -2.35. The molecule has 2 aromatic rings. The van der Waals surface area contributed by atoms with E-state index in [1.54, 1.807) is 6.20 Å². The molecule has 0 unspecified atom stereocenters. The Bertz CT molecular complexity index is 720. The van der Waals surface area contributed by atoms with Crippen molar-refractivity contribution in [2.75, 3.05) is 26.2 Å². The molecule has 0 bridgehead atoms. The minimum Gasteiger partial charge on any atom is -0.483 e. The van der Waals surface area contributed by atoms with E-state index in [-0.39, 0.29) is 12.4 Å². The molecular formula is C20H29N5O3. The van der Waals surface area contributed by atoms with Crippen LogP contribution in [0.3, 0.4) is 0 Å². The molecule has 0 atom stereocenters. The highest BCUT2D eigenvalue weighted by Crippen LogP contribution is 2.11. The van der Waals surface area contributed by atoms with Crippen LogP contribution in [0.2, 0.25) is 0 Å². The summed E-state index contributed by atoms with van der Waals surface area (Å²) >= 11 is 0. The predicted molar refractivity (Wildman–Crippen MR) is 106 cm³/mol. The molecule has 0 saturated carbocycles. The van der Waals surface area contributed by atoms with E-state index in [1.165, 1.54) is 5.56 Å². The molecule has 1 N–H and O–H groups in total. The van der Waals surface area contributed by atoms with Gasteiger partial charge in [0.1, 0.15) is 0 Å². The first-order valence-corrected chi connectivity index (χ1v) is 9.64. The zero-order chi connectivity index (χ0) is 20.2. The zero-order valence-electron chi connectivity index (χ0n) is 16.4. The van der Waals surface area contributed by atoms with E-state index in [1.807, 2.05) is 34.1 Å². The number of rotatable bonds is 6. The van der Waals surface area contributed by atoms with Crippen LogP contribution in [-0.2, 0) is 29.1 Å². The third-order valence-corrected chi connectivity index (χ3v) is 4.71. The third-order valence-electron chi connectivity index (χ3n) is 4.71. The fourth-order valence-corrected chi connectivity index (χ4v) is 3.25. The lowest BCUT2D eigenvalue weighted by molar-refractivity contribution is -0.131. The molecule has 8 nitrogen and oxygen atoms in total. The molecule has 1 amide bonds. The van der Waals surface area contributed by atoms with Gasteiger partial charge < -0.3 is 10.0 Å². The molecule has 3 heterocycles. The number of nitrogens with zero attached hydrogens (tertiary/aromatic N) is 5. The number of pyridine rings is 1. The van der Waals surface area contributed by atoms with Gasteiger partial charge in [-0.2, -0.15) is 5.10 Å². The first-order chi connectivity index (χ1) is 13.7. The van der Waals surface area contributed by atoms with Crippen LogP contribution in [0, 0.1) is 0 Å². The molecule has 0 aliphatic carbocycles. The lowest BCUT2D eigenvalue weighted by Gasteiger charge is -2.21. The molecule has 1 aliphatic heterocycles. The molecule has 0 radical (unpaired) electrons. The second-order valence-corrected chi connectivity index (χ2v) is 6.68. The van der Waals surface area contributed by atoms with Crippen LogP contribution < -0.4 is 0 Å². The van der Waals surface area contributed by atoms with Gasteiger partial charge in [-0.15, -0.1) is 0 Å². The number of aromatic nitrogens is 3. The van der Waals surface area contributed by atoms with E-state index in [0.29, 0.717) is 6.42 Å². The lowest BCUT2D eigenvalue weighted by atomic mass is 10.1. The Morgan fingerprint density at radius 2 is 2.04 bits per heavy atom. The Kier molecular flexibility index (Phi) is 9.14. The maximum absolute atomic E-state index is 12.5. The molecule has 0 aromatic carbocycles. The van der Waals surface area contributed by atoms with Gasteiger partial charge in [0.25, 0.3) is 6.47 Å². The van der Waals surface area contributed by atoms with Gasteiger partial charge in [-0.05, 0) is 31.4 Å². The quantitative estimate of drug-likeness (QED) is 0.758. The number of aryl methyl sites for hydroxylation is 2. The minimum absolute atomic E-state index is 0.250. The highest BCUT2D eigenvalue weighted by molar-refractivity contribution is 5.76. The number of hydrogen-bond acceptors (Lipinski definition) is 5. The van der Waals surface area contributed by atoms with E-state index >= 15 is 0 Å². The van der Waals surface area contributed by atoms with Crippen molar-refractivity contribution in [3.8, 4) is 0 Å². The average Bonchev–Trinajstić information content (AvgIpc) is 3.04. The van der Waals surface area contributed by atoms with Gasteiger partial charge in [-0.1, -0.05) is 6.07 Å². The van der Waals surface area contributed by atoms with E-state index in [0.717, 1.165) is 57.7 Å². The number of carboxylic acid groups (broad SMARTS) is 1. The molecule has 0 spiro atoms. The van der Waals surface area contributed by atoms with Crippen molar-refractivity contribution in [3.63, 3.8) is 0 Å². The number of carbonyl (C=O) groups excluding carboxylic acids is 1. The summed E-state index contributed by atoms with van der Waals surface area (Å²) in [5.74, 6) is 0.254. The molecule has 3 rings (SSSR count). The largest absolute Gasteiger partial charge is 0.483 e. The second kappa shape index (κ2) is 11.9. The Labute approximate surface area is 165 Å². The van der Waals surface area contributed by atoms with E-state index in [2.05, 4.69) is 28.1 Å². The van der Waals surface area contributed by atoms with E-state index in [4.69, 9.17) is 9.90 Å². The van der Waals surface area contributed by atoms with Gasteiger partial charge in [0.05, 0.1) is 6.20 Å². The smallest absolute Gasteiger partial charge is 0.290 e. The van der Waals surface area contributed by atoms with Crippen LogP contribution in [0.1, 0.15) is 30.9 Å². The third kappa shape index (κ3) is 7.11. The number of hydrogen-bond donors (Lipinski definition) is 1. The first kappa shape index (κ1) is 21.6. The molecule has 1 fully saturated rings. The summed E-state index contributed by atoms with van der Waals surface area (Å²) in [7, 11) is 0. The highest BCUT2D eigenvalue weighted by atomic mass is 16.3. The van der Waals surface area contributed by atoms with Crippen LogP contribution in [-0.4, -0.2) is 68.2 Å². The van der Waals surface area contributed by atoms with Gasteiger partial charge in [0.15, 0.2) is 0 Å². The van der Waals surface area contributed by atoms with Crippen molar-refractivity contribution in [1.82, 2.24) is 24.6 Å². The van der Waals surface area contributed by atoms with Gasteiger partial charge in [0, 0.05) is 69.8 Å². The summed E-state index contributed by atoms with van der Waals surface area (Å²) in [5.41, 5.74) is 2.37. The normalized spacial score (nSPS) is 14.7. The van der Waals surface area contributed by atoms with Crippen molar-refractivity contribution in [2.24, 2.45) is 0 Å². The topological polar surface area (TPSA) is 91.6 Å². The van der Waals surface area contributed by atoms with Gasteiger partial charge in [0.2, 0.25) is 5.91 Å². The number of carbonyl (C=O) groups is 2. The van der Waals surface area contributed by atoms with Crippen molar-refractivity contribution in [2.45, 2.75) is 39.3 Å². The first-order valence-electron chi connectivity index (χ1n) is 9.64.